The largest absolute Gasteiger partial charge is 0.388 e. The average Bonchev–Trinajstić information content (AvgIpc) is 2.60. The normalized spacial score (nSPS) is 28.5. The van der Waals surface area contributed by atoms with E-state index in [1.807, 2.05) is 0 Å². The van der Waals surface area contributed by atoms with Gasteiger partial charge in [-0.2, -0.15) is 4.98 Å². The molecule has 0 aliphatic carbocycles. The minimum absolute atomic E-state index is 0.146. The molecule has 1 fully saturated rings. The van der Waals surface area contributed by atoms with Crippen LogP contribution in [0.3, 0.4) is 0 Å². The van der Waals surface area contributed by atoms with Gasteiger partial charge in [0.1, 0.15) is 11.9 Å². The Morgan fingerprint density at radius 2 is 2.53 bits per heavy atom. The first kappa shape index (κ1) is 12.0. The Labute approximate surface area is 97.8 Å². The Balaban J connectivity index is 2.20. The predicted octanol–water partition coefficient (Wildman–Crippen LogP) is -0.880. The van der Waals surface area contributed by atoms with Gasteiger partial charge in [-0.25, -0.2) is 4.79 Å². The van der Waals surface area contributed by atoms with Crippen LogP contribution in [0.1, 0.15) is 12.6 Å². The van der Waals surface area contributed by atoms with E-state index in [9.17, 15) is 9.90 Å². The van der Waals surface area contributed by atoms with Crippen LogP contribution in [0.15, 0.2) is 17.1 Å². The number of hydrogen-bond acceptors (Lipinski definition) is 6. The molecule has 3 N–H and O–H groups in total. The highest BCUT2D eigenvalue weighted by molar-refractivity contribution is 5.23. The van der Waals surface area contributed by atoms with E-state index in [1.54, 1.807) is 7.11 Å². The maximum atomic E-state index is 11.6. The molecule has 7 heteroatoms. The molecule has 1 aliphatic rings. The van der Waals surface area contributed by atoms with E-state index in [0.717, 1.165) is 0 Å². The van der Waals surface area contributed by atoms with Gasteiger partial charge in [0.15, 0.2) is 6.23 Å². The molecule has 0 saturated carbocycles. The highest BCUT2D eigenvalue weighted by Crippen LogP contribution is 2.27. The lowest BCUT2D eigenvalue weighted by molar-refractivity contribution is -0.0581. The molecule has 7 nitrogen and oxygen atoms in total. The molecular formula is C10H15N3O4. The van der Waals surface area contributed by atoms with Crippen LogP contribution in [0.4, 0.5) is 5.82 Å². The summed E-state index contributed by atoms with van der Waals surface area (Å²) in [6.45, 7) is 0.380. The fourth-order valence-corrected chi connectivity index (χ4v) is 1.89. The molecule has 17 heavy (non-hydrogen) atoms. The zero-order valence-electron chi connectivity index (χ0n) is 9.44. The minimum atomic E-state index is -0.752. The van der Waals surface area contributed by atoms with Gasteiger partial charge in [-0.3, -0.25) is 4.57 Å². The SMILES string of the molecule is COC[C@@H]1CC(O)[C@H](n2ccc(N)nc2=O)O1. The van der Waals surface area contributed by atoms with Crippen LogP contribution in [-0.2, 0) is 9.47 Å². The number of hydrogen-bond donors (Lipinski definition) is 2. The van der Waals surface area contributed by atoms with E-state index >= 15 is 0 Å². The van der Waals surface area contributed by atoms with E-state index in [1.165, 1.54) is 16.8 Å². The van der Waals surface area contributed by atoms with Crippen molar-refractivity contribution in [1.82, 2.24) is 9.55 Å². The van der Waals surface area contributed by atoms with Gasteiger partial charge in [0.25, 0.3) is 0 Å². The number of anilines is 1. The van der Waals surface area contributed by atoms with Crippen molar-refractivity contribution in [3.8, 4) is 0 Å². The number of ether oxygens (including phenoxy) is 2. The second kappa shape index (κ2) is 4.82. The summed E-state index contributed by atoms with van der Waals surface area (Å²) in [5.41, 5.74) is 4.85. The number of nitrogens with two attached hydrogens (primary N) is 1. The molecule has 3 atom stereocenters. The zero-order valence-corrected chi connectivity index (χ0v) is 9.44. The van der Waals surface area contributed by atoms with E-state index in [0.29, 0.717) is 13.0 Å². The Hall–Kier alpha value is -1.44. The van der Waals surface area contributed by atoms with Crippen LogP contribution < -0.4 is 11.4 Å². The van der Waals surface area contributed by atoms with Crippen molar-refractivity contribution in [1.29, 1.82) is 0 Å². The average molecular weight is 241 g/mol. The molecule has 1 aromatic heterocycles. The maximum Gasteiger partial charge on any atom is 0.351 e. The van der Waals surface area contributed by atoms with Gasteiger partial charge in [-0.05, 0) is 6.07 Å². The smallest absolute Gasteiger partial charge is 0.351 e. The van der Waals surface area contributed by atoms with Crippen LogP contribution in [0, 0.1) is 0 Å². The van der Waals surface area contributed by atoms with Crippen LogP contribution in [-0.4, -0.2) is 40.6 Å². The van der Waals surface area contributed by atoms with Crippen molar-refractivity contribution in [3.05, 3.63) is 22.7 Å². The molecule has 1 aromatic rings. The second-order valence-electron chi connectivity index (χ2n) is 3.95. The lowest BCUT2D eigenvalue weighted by Gasteiger charge is -2.17. The summed E-state index contributed by atoms with van der Waals surface area (Å²) in [4.78, 5) is 15.2. The van der Waals surface area contributed by atoms with Gasteiger partial charge in [0.2, 0.25) is 0 Å². The molecule has 2 heterocycles. The fraction of sp³-hybridized carbons (Fsp3) is 0.600. The molecule has 0 radical (unpaired) electrons. The van der Waals surface area contributed by atoms with Gasteiger partial charge in [-0.1, -0.05) is 0 Å². The number of aromatic nitrogens is 2. The third-order valence-corrected chi connectivity index (χ3v) is 2.64. The molecule has 94 valence electrons. The van der Waals surface area contributed by atoms with Crippen LogP contribution in [0.5, 0.6) is 0 Å². The summed E-state index contributed by atoms with van der Waals surface area (Å²) in [6.07, 6.45) is 0.196. The van der Waals surface area contributed by atoms with Gasteiger partial charge >= 0.3 is 5.69 Å². The number of nitrogen functional groups attached to an aromatic ring is 1. The summed E-state index contributed by atoms with van der Waals surface area (Å²) in [5.74, 6) is 0.146. The van der Waals surface area contributed by atoms with Crippen molar-refractivity contribution in [2.24, 2.45) is 0 Å². The van der Waals surface area contributed by atoms with E-state index < -0.39 is 18.0 Å². The molecule has 0 spiro atoms. The third kappa shape index (κ3) is 2.46. The molecule has 0 bridgehead atoms. The van der Waals surface area contributed by atoms with E-state index in [2.05, 4.69) is 4.98 Å². The number of aliphatic hydroxyl groups is 1. The van der Waals surface area contributed by atoms with E-state index in [-0.39, 0.29) is 11.9 Å². The Morgan fingerprint density at radius 3 is 3.18 bits per heavy atom. The van der Waals surface area contributed by atoms with E-state index in [4.69, 9.17) is 15.2 Å². The van der Waals surface area contributed by atoms with Crippen molar-refractivity contribution in [2.45, 2.75) is 24.9 Å². The molecular weight excluding hydrogens is 226 g/mol. The summed E-state index contributed by atoms with van der Waals surface area (Å²) >= 11 is 0. The van der Waals surface area contributed by atoms with Crippen molar-refractivity contribution < 1.29 is 14.6 Å². The molecule has 1 unspecified atom stereocenters. The van der Waals surface area contributed by atoms with Crippen molar-refractivity contribution in [3.63, 3.8) is 0 Å². The highest BCUT2D eigenvalue weighted by atomic mass is 16.6. The number of nitrogens with zero attached hydrogens (tertiary/aromatic N) is 2. The first-order valence-corrected chi connectivity index (χ1v) is 5.29. The Morgan fingerprint density at radius 1 is 1.76 bits per heavy atom. The summed E-state index contributed by atoms with van der Waals surface area (Å²) in [7, 11) is 1.56. The number of methoxy groups -OCH3 is 1. The zero-order chi connectivity index (χ0) is 12.4. The van der Waals surface area contributed by atoms with Crippen LogP contribution in [0.2, 0.25) is 0 Å². The molecule has 1 saturated heterocycles. The second-order valence-corrected chi connectivity index (χ2v) is 3.95. The molecule has 1 aliphatic heterocycles. The maximum absolute atomic E-state index is 11.6. The number of aliphatic hydroxyl groups excluding tert-OH is 1. The standard InChI is InChI=1S/C10H15N3O4/c1-16-5-6-4-7(14)9(17-6)13-3-2-8(11)12-10(13)15/h2-3,6-7,9,14H,4-5H2,1H3,(H2,11,12,15)/t6-,7?,9+/m0/s1. The van der Waals surface area contributed by atoms with Gasteiger partial charge in [-0.15, -0.1) is 0 Å². The first-order valence-electron chi connectivity index (χ1n) is 5.29. The van der Waals surface area contributed by atoms with Gasteiger partial charge in [0, 0.05) is 19.7 Å². The van der Waals surface area contributed by atoms with Gasteiger partial charge < -0.3 is 20.3 Å². The first-order chi connectivity index (χ1) is 8.11. The topological polar surface area (TPSA) is 99.6 Å². The summed E-state index contributed by atoms with van der Waals surface area (Å²) < 4.78 is 11.7. The molecule has 0 amide bonds. The highest BCUT2D eigenvalue weighted by Gasteiger charge is 2.35. The lowest BCUT2D eigenvalue weighted by atomic mass is 10.2. The number of rotatable bonds is 3. The quantitative estimate of drug-likeness (QED) is 0.713. The molecule has 0 aromatic carbocycles. The summed E-state index contributed by atoms with van der Waals surface area (Å²) in [5, 5.41) is 9.83. The van der Waals surface area contributed by atoms with Crippen molar-refractivity contribution >= 4 is 5.82 Å². The molecule has 2 rings (SSSR count). The predicted molar refractivity (Wildman–Crippen MR) is 59.3 cm³/mol. The fourth-order valence-electron chi connectivity index (χ4n) is 1.89. The minimum Gasteiger partial charge on any atom is -0.388 e. The Bertz CT molecular complexity index is 447. The van der Waals surface area contributed by atoms with Gasteiger partial charge in [0.05, 0.1) is 12.7 Å². The lowest BCUT2D eigenvalue weighted by Crippen LogP contribution is -2.31. The Kier molecular flexibility index (Phi) is 3.41. The van der Waals surface area contributed by atoms with Crippen molar-refractivity contribution in [2.75, 3.05) is 19.5 Å². The van der Waals surface area contributed by atoms with Crippen LogP contribution in [0.25, 0.3) is 0 Å². The third-order valence-electron chi connectivity index (χ3n) is 2.64. The van der Waals surface area contributed by atoms with Crippen LogP contribution >= 0.6 is 0 Å². The summed E-state index contributed by atoms with van der Waals surface area (Å²) in [6, 6.07) is 1.49. The monoisotopic (exact) mass is 241 g/mol.